The van der Waals surface area contributed by atoms with Crippen molar-refractivity contribution in [1.29, 1.82) is 0 Å². The number of hydrogen-bond acceptors (Lipinski definition) is 2. The van der Waals surface area contributed by atoms with Gasteiger partial charge in [-0.05, 0) is 44.5 Å². The van der Waals surface area contributed by atoms with Crippen molar-refractivity contribution in [3.63, 3.8) is 0 Å². The average molecular weight is 339 g/mol. The first-order valence-corrected chi connectivity index (χ1v) is 6.99. The molecule has 1 fully saturated rings. The summed E-state index contributed by atoms with van der Waals surface area (Å²) in [7, 11) is 1.86. The fourth-order valence-corrected chi connectivity index (χ4v) is 2.71. The number of rotatable bonds is 3. The Morgan fingerprint density at radius 1 is 1.43 bits per heavy atom. The molecule has 0 spiro atoms. The Balaban J connectivity index is 0.00000220. The highest BCUT2D eigenvalue weighted by molar-refractivity contribution is 6.30. The Kier molecular flexibility index (Phi) is 6.84. The summed E-state index contributed by atoms with van der Waals surface area (Å²) in [5.41, 5.74) is -0.253. The van der Waals surface area contributed by atoms with E-state index in [1.807, 2.05) is 7.05 Å². The number of hydrogen-bond donors (Lipinski definition) is 1. The molecule has 2 rings (SSSR count). The Morgan fingerprint density at radius 3 is 2.81 bits per heavy atom. The van der Waals surface area contributed by atoms with Gasteiger partial charge in [0.25, 0.3) is 5.91 Å². The molecular weight excluding hydrogens is 321 g/mol. The SMILES string of the molecule is CNCC1CCCN(C(=O)c2cc(F)c(Cl)cc2F)C1.Cl. The number of carbonyl (C=O) groups excluding carboxylic acids is 1. The van der Waals surface area contributed by atoms with Crippen LogP contribution in [-0.2, 0) is 0 Å². The Bertz CT molecular complexity index is 512. The van der Waals surface area contributed by atoms with E-state index >= 15 is 0 Å². The summed E-state index contributed by atoms with van der Waals surface area (Å²) in [4.78, 5) is 13.9. The number of nitrogens with one attached hydrogen (secondary N) is 1. The Morgan fingerprint density at radius 2 is 2.14 bits per heavy atom. The molecule has 1 aromatic carbocycles. The highest BCUT2D eigenvalue weighted by atomic mass is 35.5. The zero-order valence-electron chi connectivity index (χ0n) is 11.7. The van der Waals surface area contributed by atoms with Gasteiger partial charge in [-0.1, -0.05) is 11.6 Å². The van der Waals surface area contributed by atoms with Crippen molar-refractivity contribution in [2.75, 3.05) is 26.7 Å². The largest absolute Gasteiger partial charge is 0.338 e. The van der Waals surface area contributed by atoms with E-state index in [0.29, 0.717) is 19.0 Å². The van der Waals surface area contributed by atoms with Gasteiger partial charge in [0, 0.05) is 13.1 Å². The second-order valence-corrected chi connectivity index (χ2v) is 5.47. The summed E-state index contributed by atoms with van der Waals surface area (Å²) in [5.74, 6) is -1.69. The Hall–Kier alpha value is -0.910. The lowest BCUT2D eigenvalue weighted by Crippen LogP contribution is -2.42. The highest BCUT2D eigenvalue weighted by Gasteiger charge is 2.26. The van der Waals surface area contributed by atoms with E-state index in [0.717, 1.165) is 31.5 Å². The molecule has 1 atom stereocenters. The van der Waals surface area contributed by atoms with Crippen LogP contribution in [0, 0.1) is 17.6 Å². The van der Waals surface area contributed by atoms with Crippen LogP contribution in [-0.4, -0.2) is 37.5 Å². The van der Waals surface area contributed by atoms with E-state index in [4.69, 9.17) is 11.6 Å². The van der Waals surface area contributed by atoms with Crippen molar-refractivity contribution in [3.8, 4) is 0 Å². The van der Waals surface area contributed by atoms with Gasteiger partial charge in [0.05, 0.1) is 10.6 Å². The van der Waals surface area contributed by atoms with Gasteiger partial charge >= 0.3 is 0 Å². The van der Waals surface area contributed by atoms with Crippen molar-refractivity contribution in [2.45, 2.75) is 12.8 Å². The van der Waals surface area contributed by atoms with Crippen LogP contribution >= 0.6 is 24.0 Å². The van der Waals surface area contributed by atoms with Crippen LogP contribution in [0.1, 0.15) is 23.2 Å². The summed E-state index contributed by atoms with van der Waals surface area (Å²) in [5, 5.41) is 2.76. The fourth-order valence-electron chi connectivity index (χ4n) is 2.56. The predicted octanol–water partition coefficient (Wildman–Crippen LogP) is 3.11. The van der Waals surface area contributed by atoms with E-state index in [9.17, 15) is 13.6 Å². The van der Waals surface area contributed by atoms with Crippen molar-refractivity contribution < 1.29 is 13.6 Å². The van der Waals surface area contributed by atoms with Crippen LogP contribution in [0.25, 0.3) is 0 Å². The number of amides is 1. The normalized spacial score (nSPS) is 18.3. The lowest BCUT2D eigenvalue weighted by atomic mass is 9.97. The van der Waals surface area contributed by atoms with Gasteiger partial charge < -0.3 is 10.2 Å². The summed E-state index contributed by atoms with van der Waals surface area (Å²) in [6.07, 6.45) is 1.90. The summed E-state index contributed by atoms with van der Waals surface area (Å²) < 4.78 is 27.2. The van der Waals surface area contributed by atoms with Gasteiger partial charge in [0.15, 0.2) is 0 Å². The fraction of sp³-hybridized carbons (Fsp3) is 0.500. The number of piperidine rings is 1. The van der Waals surface area contributed by atoms with Gasteiger partial charge in [0.2, 0.25) is 0 Å². The van der Waals surface area contributed by atoms with Crippen molar-refractivity contribution in [3.05, 3.63) is 34.4 Å². The van der Waals surface area contributed by atoms with E-state index in [-0.39, 0.29) is 23.0 Å². The molecule has 0 aliphatic carbocycles. The smallest absolute Gasteiger partial charge is 0.256 e. The van der Waals surface area contributed by atoms with Crippen LogP contribution in [0.3, 0.4) is 0 Å². The first-order valence-electron chi connectivity index (χ1n) is 6.61. The van der Waals surface area contributed by atoms with Crippen LogP contribution < -0.4 is 5.32 Å². The lowest BCUT2D eigenvalue weighted by molar-refractivity contribution is 0.0669. The zero-order chi connectivity index (χ0) is 14.7. The third-order valence-electron chi connectivity index (χ3n) is 3.54. The first-order chi connectivity index (χ1) is 9.52. The van der Waals surface area contributed by atoms with Crippen LogP contribution in [0.5, 0.6) is 0 Å². The van der Waals surface area contributed by atoms with Crippen LogP contribution in [0.2, 0.25) is 5.02 Å². The number of carbonyl (C=O) groups is 1. The third kappa shape index (κ3) is 4.28. The van der Waals surface area contributed by atoms with E-state index < -0.39 is 17.5 Å². The maximum Gasteiger partial charge on any atom is 0.256 e. The molecule has 0 aromatic heterocycles. The van der Waals surface area contributed by atoms with E-state index in [2.05, 4.69) is 5.32 Å². The maximum atomic E-state index is 13.8. The van der Waals surface area contributed by atoms with Crippen LogP contribution in [0.4, 0.5) is 8.78 Å². The van der Waals surface area contributed by atoms with Gasteiger partial charge in [-0.2, -0.15) is 0 Å². The average Bonchev–Trinajstić information content (AvgIpc) is 2.43. The number of halogens is 4. The molecule has 1 amide bonds. The summed E-state index contributed by atoms with van der Waals surface area (Å²) in [6, 6.07) is 1.72. The van der Waals surface area contributed by atoms with E-state index in [1.165, 1.54) is 0 Å². The highest BCUT2D eigenvalue weighted by Crippen LogP contribution is 2.23. The first kappa shape index (κ1) is 18.1. The molecule has 0 saturated carbocycles. The molecule has 0 bridgehead atoms. The molecule has 7 heteroatoms. The standard InChI is InChI=1S/C14H17ClF2N2O.ClH/c1-18-7-9-3-2-4-19(8-9)14(20)10-5-13(17)11(15)6-12(10)16;/h5-6,9,18H,2-4,7-8H2,1H3;1H. The third-order valence-corrected chi connectivity index (χ3v) is 3.83. The molecule has 1 unspecified atom stereocenters. The molecule has 21 heavy (non-hydrogen) atoms. The van der Waals surface area contributed by atoms with E-state index in [1.54, 1.807) is 4.90 Å². The monoisotopic (exact) mass is 338 g/mol. The molecule has 1 N–H and O–H groups in total. The Labute approximate surface area is 134 Å². The minimum atomic E-state index is -0.780. The topological polar surface area (TPSA) is 32.3 Å². The molecule has 1 heterocycles. The van der Waals surface area contributed by atoms with Crippen LogP contribution in [0.15, 0.2) is 12.1 Å². The maximum absolute atomic E-state index is 13.8. The molecule has 1 aromatic rings. The molecule has 1 aliphatic heterocycles. The lowest BCUT2D eigenvalue weighted by Gasteiger charge is -2.32. The van der Waals surface area contributed by atoms with Crippen molar-refractivity contribution in [2.24, 2.45) is 5.92 Å². The number of benzene rings is 1. The minimum absolute atomic E-state index is 0. The van der Waals surface area contributed by atoms with Crippen molar-refractivity contribution in [1.82, 2.24) is 10.2 Å². The molecule has 1 aliphatic rings. The number of nitrogens with zero attached hydrogens (tertiary/aromatic N) is 1. The van der Waals surface area contributed by atoms with Gasteiger partial charge in [-0.3, -0.25) is 4.79 Å². The van der Waals surface area contributed by atoms with Gasteiger partial charge in [-0.15, -0.1) is 12.4 Å². The minimum Gasteiger partial charge on any atom is -0.338 e. The second-order valence-electron chi connectivity index (χ2n) is 5.06. The number of likely N-dealkylation sites (tertiary alicyclic amines) is 1. The summed E-state index contributed by atoms with van der Waals surface area (Å²) in [6.45, 7) is 1.94. The zero-order valence-corrected chi connectivity index (χ0v) is 13.2. The van der Waals surface area contributed by atoms with Crippen molar-refractivity contribution >= 4 is 29.9 Å². The summed E-state index contributed by atoms with van der Waals surface area (Å²) >= 11 is 5.49. The van der Waals surface area contributed by atoms with Gasteiger partial charge in [-0.25, -0.2) is 8.78 Å². The molecule has 0 radical (unpaired) electrons. The second kappa shape index (κ2) is 7.92. The molecule has 118 valence electrons. The molecule has 3 nitrogen and oxygen atoms in total. The molecule has 1 saturated heterocycles. The molecular formula is C14H18Cl2F2N2O. The predicted molar refractivity (Wildman–Crippen MR) is 81.2 cm³/mol. The van der Waals surface area contributed by atoms with Gasteiger partial charge in [0.1, 0.15) is 11.6 Å². The quantitative estimate of drug-likeness (QED) is 0.859.